The smallest absolute Gasteiger partial charge is 0.184 e. The molecule has 9 nitrogen and oxygen atoms in total. The van der Waals surface area contributed by atoms with E-state index in [-0.39, 0.29) is 23.7 Å². The van der Waals surface area contributed by atoms with E-state index in [1.807, 2.05) is 18.2 Å². The second kappa shape index (κ2) is 8.28. The molecule has 3 N–H and O–H groups in total. The number of methoxy groups -OCH3 is 1. The number of carbonyl (C=O) groups is 1. The third-order valence-corrected chi connectivity index (χ3v) is 6.09. The van der Waals surface area contributed by atoms with Crippen molar-refractivity contribution in [1.82, 2.24) is 20.0 Å². The van der Waals surface area contributed by atoms with Gasteiger partial charge in [0.2, 0.25) is 0 Å². The molecule has 0 unspecified atom stereocenters. The van der Waals surface area contributed by atoms with Gasteiger partial charge in [-0.3, -0.25) is 9.48 Å². The molecule has 0 amide bonds. The number of anilines is 3. The molecular formula is C20H25N6O3P. The maximum atomic E-state index is 12.5. The Morgan fingerprint density at radius 2 is 1.97 bits per heavy atom. The van der Waals surface area contributed by atoms with Crippen LogP contribution < -0.4 is 21.2 Å². The maximum Gasteiger partial charge on any atom is 0.184 e. The zero-order valence-electron chi connectivity index (χ0n) is 17.6. The lowest BCUT2D eigenvalue weighted by atomic mass is 10.1. The fraction of sp³-hybridized carbons (Fsp3) is 0.300. The Labute approximate surface area is 175 Å². The molecule has 3 aromatic rings. The van der Waals surface area contributed by atoms with Crippen molar-refractivity contribution in [2.45, 2.75) is 13.3 Å². The topological polar surface area (TPSA) is 125 Å². The molecule has 10 heteroatoms. The lowest BCUT2D eigenvalue weighted by Crippen LogP contribution is -2.13. The van der Waals surface area contributed by atoms with Gasteiger partial charge in [0.25, 0.3) is 0 Å². The maximum absolute atomic E-state index is 12.5. The van der Waals surface area contributed by atoms with Crippen LogP contribution in [0.25, 0.3) is 11.3 Å². The van der Waals surface area contributed by atoms with Gasteiger partial charge in [0.1, 0.15) is 13.0 Å². The Balaban J connectivity index is 2.10. The highest BCUT2D eigenvalue weighted by atomic mass is 31.2. The molecular weight excluding hydrogens is 403 g/mol. The number of nitrogens with one attached hydrogen (secondary N) is 1. The minimum atomic E-state index is -2.49. The lowest BCUT2D eigenvalue weighted by molar-refractivity contribution is 0.0983. The van der Waals surface area contributed by atoms with E-state index in [1.165, 1.54) is 0 Å². The van der Waals surface area contributed by atoms with Crippen molar-refractivity contribution in [2.24, 2.45) is 7.05 Å². The fourth-order valence-electron chi connectivity index (χ4n) is 3.17. The van der Waals surface area contributed by atoms with E-state index in [9.17, 15) is 9.36 Å². The average Bonchev–Trinajstić information content (AvgIpc) is 3.09. The number of para-hydroxylation sites is 1. The molecule has 0 aliphatic heterocycles. The molecule has 3 rings (SSSR count). The van der Waals surface area contributed by atoms with Crippen LogP contribution in [0.2, 0.25) is 0 Å². The Bertz CT molecular complexity index is 1150. The van der Waals surface area contributed by atoms with Crippen molar-refractivity contribution in [3.05, 3.63) is 36.0 Å². The van der Waals surface area contributed by atoms with E-state index in [4.69, 9.17) is 10.5 Å². The summed E-state index contributed by atoms with van der Waals surface area (Å²) in [5.41, 5.74) is 9.05. The molecule has 1 aromatic carbocycles. The number of ether oxygens (including phenoxy) is 1. The predicted molar refractivity (Wildman–Crippen MR) is 119 cm³/mol. The van der Waals surface area contributed by atoms with Crippen LogP contribution in [0.3, 0.4) is 0 Å². The molecule has 0 fully saturated rings. The van der Waals surface area contributed by atoms with Gasteiger partial charge in [0.05, 0.1) is 29.6 Å². The number of ketones is 1. The first-order chi connectivity index (χ1) is 14.2. The molecule has 0 aliphatic rings. The molecule has 0 saturated carbocycles. The molecule has 0 spiro atoms. The zero-order valence-corrected chi connectivity index (χ0v) is 18.5. The Morgan fingerprint density at radius 1 is 1.23 bits per heavy atom. The predicted octanol–water partition coefficient (Wildman–Crippen LogP) is 3.05. The van der Waals surface area contributed by atoms with Crippen molar-refractivity contribution in [3.63, 3.8) is 0 Å². The van der Waals surface area contributed by atoms with Crippen LogP contribution in [0.5, 0.6) is 5.75 Å². The van der Waals surface area contributed by atoms with E-state index in [0.717, 1.165) is 5.56 Å². The van der Waals surface area contributed by atoms with Gasteiger partial charge in [-0.25, -0.2) is 0 Å². The van der Waals surface area contributed by atoms with Gasteiger partial charge in [0, 0.05) is 25.1 Å². The summed E-state index contributed by atoms with van der Waals surface area (Å²) >= 11 is 0. The minimum absolute atomic E-state index is 0.156. The molecule has 0 radical (unpaired) electrons. The Morgan fingerprint density at radius 3 is 2.57 bits per heavy atom. The number of hydrogen-bond donors (Lipinski definition) is 2. The monoisotopic (exact) mass is 428 g/mol. The van der Waals surface area contributed by atoms with Gasteiger partial charge >= 0.3 is 0 Å². The second-order valence-corrected chi connectivity index (χ2v) is 10.3. The van der Waals surface area contributed by atoms with E-state index < -0.39 is 7.14 Å². The number of carbonyl (C=O) groups excluding carboxylic acids is 1. The molecule has 0 saturated heterocycles. The Hall–Kier alpha value is -3.19. The highest BCUT2D eigenvalue weighted by molar-refractivity contribution is 7.69. The normalized spacial score (nSPS) is 11.4. The number of aromatic nitrogens is 4. The van der Waals surface area contributed by atoms with Gasteiger partial charge in [0.15, 0.2) is 17.2 Å². The number of aryl methyl sites for hydroxylation is 1. The summed E-state index contributed by atoms with van der Waals surface area (Å²) in [5, 5.41) is 15.4. The fourth-order valence-corrected chi connectivity index (χ4v) is 4.35. The number of nitrogens with zero attached hydrogens (tertiary/aromatic N) is 4. The second-order valence-electron chi connectivity index (χ2n) is 7.18. The number of hydrogen-bond acceptors (Lipinski definition) is 8. The molecule has 0 atom stereocenters. The van der Waals surface area contributed by atoms with Crippen LogP contribution in [0.1, 0.15) is 23.8 Å². The zero-order chi connectivity index (χ0) is 22.1. The summed E-state index contributed by atoms with van der Waals surface area (Å²) in [6.07, 6.45) is 0.287. The highest BCUT2D eigenvalue weighted by Crippen LogP contribution is 2.40. The third kappa shape index (κ3) is 4.21. The molecule has 2 heterocycles. The quantitative estimate of drug-likeness (QED) is 0.435. The first kappa shape index (κ1) is 21.5. The third-order valence-electron chi connectivity index (χ3n) is 4.57. The van der Waals surface area contributed by atoms with Gasteiger partial charge in [-0.15, -0.1) is 10.2 Å². The largest absolute Gasteiger partial charge is 0.494 e. The van der Waals surface area contributed by atoms with Crippen LogP contribution in [-0.2, 0) is 11.6 Å². The van der Waals surface area contributed by atoms with Crippen LogP contribution in [0.15, 0.2) is 30.3 Å². The van der Waals surface area contributed by atoms with Crippen LogP contribution in [0, 0.1) is 0 Å². The first-order valence-electron chi connectivity index (χ1n) is 9.36. The first-order valence-corrected chi connectivity index (χ1v) is 12.0. The molecule has 2 aromatic heterocycles. The summed E-state index contributed by atoms with van der Waals surface area (Å²) in [4.78, 5) is 12.3. The van der Waals surface area contributed by atoms with Crippen molar-refractivity contribution < 1.29 is 14.1 Å². The summed E-state index contributed by atoms with van der Waals surface area (Å²) in [6, 6.07) is 8.88. The molecule has 0 bridgehead atoms. The molecule has 0 aliphatic carbocycles. The van der Waals surface area contributed by atoms with Gasteiger partial charge in [-0.05, 0) is 31.5 Å². The number of rotatable bonds is 7. The van der Waals surface area contributed by atoms with Crippen molar-refractivity contribution in [2.75, 3.05) is 31.5 Å². The number of benzene rings is 1. The van der Waals surface area contributed by atoms with Crippen molar-refractivity contribution >= 4 is 35.6 Å². The van der Waals surface area contributed by atoms with Gasteiger partial charge in [-0.1, -0.05) is 13.0 Å². The molecule has 158 valence electrons. The van der Waals surface area contributed by atoms with E-state index in [1.54, 1.807) is 51.2 Å². The molecule has 30 heavy (non-hydrogen) atoms. The Kier molecular flexibility index (Phi) is 5.94. The summed E-state index contributed by atoms with van der Waals surface area (Å²) in [5.74, 6) is 0.557. The standard InChI is InChI=1S/C20H25N6O3P/c1-6-16(27)19-15(10-17(21)23-24-19)22-13-9-7-8-12(20(13)29-3)14-11-18(26(2)25-14)30(4,5)28/h7-11H,6H2,1-5H3,(H3,21,22,23). The summed E-state index contributed by atoms with van der Waals surface area (Å²) < 4.78 is 19.8. The van der Waals surface area contributed by atoms with Crippen LogP contribution >= 0.6 is 7.14 Å². The van der Waals surface area contributed by atoms with Crippen molar-refractivity contribution in [3.8, 4) is 17.0 Å². The number of nitrogens with two attached hydrogens (primary N) is 1. The lowest BCUT2D eigenvalue weighted by Gasteiger charge is -2.15. The number of nitrogen functional groups attached to an aromatic ring is 1. The van der Waals surface area contributed by atoms with Crippen LogP contribution in [-0.4, -0.2) is 46.2 Å². The summed E-state index contributed by atoms with van der Waals surface area (Å²) in [6.45, 7) is 5.16. The summed E-state index contributed by atoms with van der Waals surface area (Å²) in [7, 11) is 0.821. The average molecular weight is 428 g/mol. The van der Waals surface area contributed by atoms with E-state index >= 15 is 0 Å². The SMILES string of the molecule is CCC(=O)c1nnc(N)cc1Nc1cccc(-c2cc(P(C)(C)=O)n(C)n2)c1OC. The van der Waals surface area contributed by atoms with E-state index in [0.29, 0.717) is 28.3 Å². The van der Waals surface area contributed by atoms with Crippen LogP contribution in [0.4, 0.5) is 17.2 Å². The van der Waals surface area contributed by atoms with Crippen molar-refractivity contribution in [1.29, 1.82) is 0 Å². The van der Waals surface area contributed by atoms with Gasteiger partial charge in [-0.2, -0.15) is 5.10 Å². The highest BCUT2D eigenvalue weighted by Gasteiger charge is 2.22. The van der Waals surface area contributed by atoms with E-state index in [2.05, 4.69) is 20.6 Å². The number of Topliss-reactive ketones (excluding diaryl/α,β-unsaturated/α-hetero) is 1. The van der Waals surface area contributed by atoms with Gasteiger partial charge < -0.3 is 20.4 Å². The minimum Gasteiger partial charge on any atom is -0.494 e.